The van der Waals surface area contributed by atoms with Crippen molar-refractivity contribution in [2.75, 3.05) is 0 Å². The summed E-state index contributed by atoms with van der Waals surface area (Å²) in [6.07, 6.45) is 2.66. The normalized spacial score (nSPS) is 10.2. The van der Waals surface area contributed by atoms with Crippen molar-refractivity contribution in [2.45, 2.75) is 25.3 Å². The summed E-state index contributed by atoms with van der Waals surface area (Å²) >= 11 is 5.60. The fourth-order valence-electron chi connectivity index (χ4n) is 0.993. The van der Waals surface area contributed by atoms with Gasteiger partial charge in [0.2, 0.25) is 5.91 Å². The fourth-order valence-corrected chi connectivity index (χ4v) is 1.20. The summed E-state index contributed by atoms with van der Waals surface area (Å²) in [5.74, 6) is 0.753. The van der Waals surface area contributed by atoms with E-state index in [-0.39, 0.29) is 5.91 Å². The lowest BCUT2D eigenvalue weighted by molar-refractivity contribution is -0.118. The van der Waals surface area contributed by atoms with Crippen LogP contribution in [-0.2, 0) is 17.2 Å². The minimum atomic E-state index is -0.291. The second kappa shape index (κ2) is 4.81. The van der Waals surface area contributed by atoms with Crippen LogP contribution in [0.1, 0.15) is 18.7 Å². The SMILES string of the molecule is NC(=O)CCCn1cnnc1CCl. The van der Waals surface area contributed by atoms with Gasteiger partial charge in [-0.15, -0.1) is 21.8 Å². The van der Waals surface area contributed by atoms with Crippen LogP contribution in [0, 0.1) is 0 Å². The third-order valence-electron chi connectivity index (χ3n) is 1.64. The maximum Gasteiger partial charge on any atom is 0.217 e. The smallest absolute Gasteiger partial charge is 0.217 e. The Morgan fingerprint density at radius 2 is 2.46 bits per heavy atom. The number of hydrogen-bond acceptors (Lipinski definition) is 3. The molecule has 1 aromatic rings. The van der Waals surface area contributed by atoms with Gasteiger partial charge in [-0.2, -0.15) is 0 Å². The Bertz CT molecular complexity index is 286. The number of aromatic nitrogens is 3. The minimum Gasteiger partial charge on any atom is -0.370 e. The highest BCUT2D eigenvalue weighted by molar-refractivity contribution is 6.16. The van der Waals surface area contributed by atoms with E-state index in [9.17, 15) is 4.79 Å². The zero-order valence-corrected chi connectivity index (χ0v) is 7.87. The first-order valence-corrected chi connectivity index (χ1v) is 4.48. The second-order valence-corrected chi connectivity index (χ2v) is 2.91. The maximum atomic E-state index is 10.4. The molecule has 0 aliphatic carbocycles. The van der Waals surface area contributed by atoms with E-state index in [0.29, 0.717) is 31.1 Å². The van der Waals surface area contributed by atoms with Crippen LogP contribution < -0.4 is 5.73 Å². The molecule has 72 valence electrons. The van der Waals surface area contributed by atoms with Crippen LogP contribution in [0.4, 0.5) is 0 Å². The molecule has 0 radical (unpaired) electrons. The first-order valence-electron chi connectivity index (χ1n) is 3.95. The van der Waals surface area contributed by atoms with Crippen molar-refractivity contribution in [3.63, 3.8) is 0 Å². The van der Waals surface area contributed by atoms with Crippen LogP contribution in [0.25, 0.3) is 0 Å². The molecule has 0 saturated heterocycles. The summed E-state index contributed by atoms with van der Waals surface area (Å²) in [4.78, 5) is 10.4. The summed E-state index contributed by atoms with van der Waals surface area (Å²) in [6.45, 7) is 0.679. The third kappa shape index (κ3) is 3.02. The van der Waals surface area contributed by atoms with Crippen LogP contribution in [0.2, 0.25) is 0 Å². The zero-order valence-electron chi connectivity index (χ0n) is 7.11. The van der Waals surface area contributed by atoms with E-state index >= 15 is 0 Å². The molecule has 0 aliphatic rings. The number of hydrogen-bond donors (Lipinski definition) is 1. The van der Waals surface area contributed by atoms with Crippen LogP contribution in [-0.4, -0.2) is 20.7 Å². The summed E-state index contributed by atoms with van der Waals surface area (Å²) < 4.78 is 1.82. The average Bonchev–Trinajstić information content (AvgIpc) is 2.51. The standard InChI is InChI=1S/C7H11ClN4O/c8-4-7-11-10-5-12(7)3-1-2-6(9)13/h5H,1-4H2,(H2,9,13). The largest absolute Gasteiger partial charge is 0.370 e. The van der Waals surface area contributed by atoms with Crippen molar-refractivity contribution >= 4 is 17.5 Å². The van der Waals surface area contributed by atoms with Crippen LogP contribution in [0.15, 0.2) is 6.33 Å². The monoisotopic (exact) mass is 202 g/mol. The molecule has 0 atom stereocenters. The first-order chi connectivity index (χ1) is 6.24. The van der Waals surface area contributed by atoms with E-state index in [1.54, 1.807) is 6.33 Å². The number of carbonyl (C=O) groups is 1. The lowest BCUT2D eigenvalue weighted by Crippen LogP contribution is -2.11. The average molecular weight is 203 g/mol. The Balaban J connectivity index is 2.40. The van der Waals surface area contributed by atoms with E-state index in [4.69, 9.17) is 17.3 Å². The molecule has 0 aliphatic heterocycles. The molecule has 0 fully saturated rings. The number of alkyl halides is 1. The van der Waals surface area contributed by atoms with Crippen molar-refractivity contribution in [2.24, 2.45) is 5.73 Å². The number of amides is 1. The number of halogens is 1. The molecule has 0 aromatic carbocycles. The molecule has 1 amide bonds. The maximum absolute atomic E-state index is 10.4. The Morgan fingerprint density at radius 1 is 1.69 bits per heavy atom. The number of nitrogens with two attached hydrogens (primary N) is 1. The van der Waals surface area contributed by atoms with Gasteiger partial charge in [0.05, 0.1) is 5.88 Å². The summed E-state index contributed by atoms with van der Waals surface area (Å²) in [6, 6.07) is 0. The highest BCUT2D eigenvalue weighted by atomic mass is 35.5. The molecular weight excluding hydrogens is 192 g/mol. The van der Waals surface area contributed by atoms with Crippen LogP contribution >= 0.6 is 11.6 Å². The van der Waals surface area contributed by atoms with E-state index in [1.807, 2.05) is 4.57 Å². The Hall–Kier alpha value is -1.10. The van der Waals surface area contributed by atoms with E-state index < -0.39 is 0 Å². The summed E-state index contributed by atoms with van der Waals surface area (Å²) in [5, 5.41) is 7.50. The zero-order chi connectivity index (χ0) is 9.68. The van der Waals surface area contributed by atoms with Gasteiger partial charge >= 0.3 is 0 Å². The number of carbonyl (C=O) groups excluding carboxylic acids is 1. The molecule has 1 rings (SSSR count). The lowest BCUT2D eigenvalue weighted by Gasteiger charge is -2.02. The highest BCUT2D eigenvalue weighted by Gasteiger charge is 2.02. The van der Waals surface area contributed by atoms with Crippen molar-refractivity contribution in [1.29, 1.82) is 0 Å². The lowest BCUT2D eigenvalue weighted by atomic mass is 10.3. The number of nitrogens with zero attached hydrogens (tertiary/aromatic N) is 3. The quantitative estimate of drug-likeness (QED) is 0.698. The van der Waals surface area contributed by atoms with Gasteiger partial charge in [0.1, 0.15) is 12.2 Å². The van der Waals surface area contributed by atoms with Gasteiger partial charge in [0.15, 0.2) is 0 Å². The van der Waals surface area contributed by atoms with Gasteiger partial charge in [-0.1, -0.05) is 0 Å². The molecule has 0 bridgehead atoms. The van der Waals surface area contributed by atoms with E-state index in [0.717, 1.165) is 0 Å². The predicted octanol–water partition coefficient (Wildman–Crippen LogP) is 0.282. The molecule has 13 heavy (non-hydrogen) atoms. The van der Waals surface area contributed by atoms with Crippen LogP contribution in [0.5, 0.6) is 0 Å². The first kappa shape index (κ1) is 9.98. The van der Waals surface area contributed by atoms with Gasteiger partial charge in [0, 0.05) is 13.0 Å². The number of rotatable bonds is 5. The topological polar surface area (TPSA) is 73.8 Å². The van der Waals surface area contributed by atoms with E-state index in [2.05, 4.69) is 10.2 Å². The van der Waals surface area contributed by atoms with Gasteiger partial charge in [-0.05, 0) is 6.42 Å². The van der Waals surface area contributed by atoms with Gasteiger partial charge in [-0.3, -0.25) is 4.79 Å². The molecule has 1 aromatic heterocycles. The Kier molecular flexibility index (Phi) is 3.70. The molecule has 0 unspecified atom stereocenters. The van der Waals surface area contributed by atoms with Crippen molar-refractivity contribution in [1.82, 2.24) is 14.8 Å². The molecule has 1 heterocycles. The van der Waals surface area contributed by atoms with Gasteiger partial charge in [-0.25, -0.2) is 0 Å². The molecule has 0 saturated carbocycles. The Labute approximate surface area is 80.9 Å². The van der Waals surface area contributed by atoms with Crippen molar-refractivity contribution in [3.8, 4) is 0 Å². The number of primary amides is 1. The predicted molar refractivity (Wildman–Crippen MR) is 48.0 cm³/mol. The molecule has 6 heteroatoms. The van der Waals surface area contributed by atoms with Crippen molar-refractivity contribution in [3.05, 3.63) is 12.2 Å². The summed E-state index contributed by atoms with van der Waals surface area (Å²) in [7, 11) is 0. The highest BCUT2D eigenvalue weighted by Crippen LogP contribution is 2.01. The molecule has 0 spiro atoms. The van der Waals surface area contributed by atoms with Gasteiger partial charge < -0.3 is 10.3 Å². The molecule has 5 nitrogen and oxygen atoms in total. The van der Waals surface area contributed by atoms with Gasteiger partial charge in [0.25, 0.3) is 0 Å². The molecule has 2 N–H and O–H groups in total. The Morgan fingerprint density at radius 3 is 3.08 bits per heavy atom. The number of aryl methyl sites for hydroxylation is 1. The third-order valence-corrected chi connectivity index (χ3v) is 1.88. The fraction of sp³-hybridized carbons (Fsp3) is 0.571. The van der Waals surface area contributed by atoms with E-state index in [1.165, 1.54) is 0 Å². The summed E-state index contributed by atoms with van der Waals surface area (Å²) in [5.41, 5.74) is 5.00. The van der Waals surface area contributed by atoms with Crippen molar-refractivity contribution < 1.29 is 4.79 Å². The van der Waals surface area contributed by atoms with Crippen LogP contribution in [0.3, 0.4) is 0 Å². The second-order valence-electron chi connectivity index (χ2n) is 2.64. The minimum absolute atomic E-state index is 0.291. The molecular formula is C7H11ClN4O.